The van der Waals surface area contributed by atoms with E-state index in [1.807, 2.05) is 6.07 Å². The van der Waals surface area contributed by atoms with Gasteiger partial charge in [0.1, 0.15) is 11.9 Å². The van der Waals surface area contributed by atoms with Crippen molar-refractivity contribution in [1.29, 1.82) is 0 Å². The lowest BCUT2D eigenvalue weighted by Gasteiger charge is -2.15. The van der Waals surface area contributed by atoms with E-state index in [0.29, 0.717) is 29.9 Å². The van der Waals surface area contributed by atoms with Gasteiger partial charge >= 0.3 is 5.97 Å². The van der Waals surface area contributed by atoms with Crippen LogP contribution in [0.3, 0.4) is 0 Å². The number of aliphatic hydroxyl groups excluding tert-OH is 1. The fraction of sp³-hybridized carbons (Fsp3) is 0.208. The van der Waals surface area contributed by atoms with Crippen LogP contribution in [0.25, 0.3) is 11.6 Å². The molecule has 8 nitrogen and oxygen atoms in total. The van der Waals surface area contributed by atoms with Gasteiger partial charge in [-0.1, -0.05) is 0 Å². The van der Waals surface area contributed by atoms with Gasteiger partial charge in [-0.15, -0.1) is 0 Å². The third-order valence-electron chi connectivity index (χ3n) is 5.60. The van der Waals surface area contributed by atoms with Crippen molar-refractivity contribution in [2.75, 3.05) is 5.32 Å². The Morgan fingerprint density at radius 1 is 1.24 bits per heavy atom. The number of nitrogens with one attached hydrogen (secondary N) is 1. The number of esters is 1. The molecular formula is C24H20FN3O5. The number of aromatic nitrogens is 1. The molecule has 1 aliphatic carbocycles. The molecule has 1 aromatic carbocycles. The number of benzene rings is 1. The van der Waals surface area contributed by atoms with Crippen molar-refractivity contribution in [3.63, 3.8) is 0 Å². The molecule has 3 N–H and O–H groups in total. The first kappa shape index (κ1) is 20.9. The maximum absolute atomic E-state index is 13.3. The van der Waals surface area contributed by atoms with Gasteiger partial charge in [-0.25, -0.2) is 19.2 Å². The van der Waals surface area contributed by atoms with Gasteiger partial charge in [0.15, 0.2) is 22.9 Å². The Bertz CT molecular complexity index is 1270. The zero-order valence-electron chi connectivity index (χ0n) is 17.4. The standard InChI is InChI=1S/C24H20FN3O5/c25-14-6-8-15(9-7-14)28-23-20(24(31)33-18-5-1-4-17(18)29)21(30)19(32-23)11-13-12-27-22-16(13)3-2-10-26-22/h2-3,6-12,17-18,28-30H,1,4-5H2/t17-,18+/m0/s1. The highest BCUT2D eigenvalue weighted by Crippen LogP contribution is 2.40. The quantitative estimate of drug-likeness (QED) is 0.488. The number of aliphatic hydroxyl groups is 1. The summed E-state index contributed by atoms with van der Waals surface area (Å²) >= 11 is 0. The number of ether oxygens (including phenoxy) is 1. The summed E-state index contributed by atoms with van der Waals surface area (Å²) in [5, 5.41) is 23.8. The van der Waals surface area contributed by atoms with Gasteiger partial charge in [0.2, 0.25) is 5.88 Å². The van der Waals surface area contributed by atoms with E-state index >= 15 is 0 Å². The zero-order chi connectivity index (χ0) is 22.9. The van der Waals surface area contributed by atoms with Crippen LogP contribution in [0, 0.1) is 5.82 Å². The Morgan fingerprint density at radius 2 is 2.06 bits per heavy atom. The van der Waals surface area contributed by atoms with Gasteiger partial charge in [0, 0.05) is 29.2 Å². The van der Waals surface area contributed by atoms with Crippen molar-refractivity contribution in [1.82, 2.24) is 4.98 Å². The number of rotatable bonds is 5. The number of hydrogen-bond donors (Lipinski definition) is 3. The topological polar surface area (TPSA) is 117 Å². The van der Waals surface area contributed by atoms with Crippen LogP contribution >= 0.6 is 0 Å². The minimum atomic E-state index is -0.835. The SMILES string of the molecule is O=C(O[C@@H]1CCC[C@@H]1O)c1c(Nc2ccc(F)cc2)oc(C=C2C=Nc3ncccc32)c1O. The van der Waals surface area contributed by atoms with Crippen LogP contribution < -0.4 is 5.32 Å². The van der Waals surface area contributed by atoms with E-state index in [4.69, 9.17) is 9.15 Å². The molecule has 1 fully saturated rings. The first-order valence-corrected chi connectivity index (χ1v) is 10.5. The third-order valence-corrected chi connectivity index (χ3v) is 5.60. The monoisotopic (exact) mass is 449 g/mol. The molecule has 0 unspecified atom stereocenters. The van der Waals surface area contributed by atoms with E-state index in [2.05, 4.69) is 15.3 Å². The van der Waals surface area contributed by atoms with Crippen LogP contribution in [0.15, 0.2) is 52.0 Å². The van der Waals surface area contributed by atoms with E-state index in [1.54, 1.807) is 24.6 Å². The summed E-state index contributed by atoms with van der Waals surface area (Å²) in [6, 6.07) is 9.03. The fourth-order valence-corrected chi connectivity index (χ4v) is 3.90. The Balaban J connectivity index is 1.52. The molecule has 0 radical (unpaired) electrons. The minimum Gasteiger partial charge on any atom is -0.504 e. The van der Waals surface area contributed by atoms with Crippen LogP contribution in [0.4, 0.5) is 21.8 Å². The average Bonchev–Trinajstić information content (AvgIpc) is 3.48. The molecule has 5 rings (SSSR count). The number of halogens is 1. The Labute approximate surface area is 188 Å². The molecule has 2 atom stereocenters. The number of nitrogens with zero attached hydrogens (tertiary/aromatic N) is 2. The average molecular weight is 449 g/mol. The molecule has 0 bridgehead atoms. The Hall–Kier alpha value is -3.98. The number of anilines is 2. The second-order valence-corrected chi connectivity index (χ2v) is 7.83. The molecule has 1 saturated carbocycles. The van der Waals surface area contributed by atoms with Crippen LogP contribution in [0.5, 0.6) is 5.75 Å². The van der Waals surface area contributed by atoms with Crippen molar-refractivity contribution in [2.45, 2.75) is 31.5 Å². The molecule has 9 heteroatoms. The summed E-state index contributed by atoms with van der Waals surface area (Å²) in [4.78, 5) is 21.4. The van der Waals surface area contributed by atoms with E-state index in [-0.39, 0.29) is 17.2 Å². The lowest BCUT2D eigenvalue weighted by atomic mass is 10.1. The third kappa shape index (κ3) is 4.10. The zero-order valence-corrected chi connectivity index (χ0v) is 17.4. The van der Waals surface area contributed by atoms with Crippen molar-refractivity contribution in [3.05, 3.63) is 65.3 Å². The normalized spacial score (nSPS) is 20.2. The molecule has 0 saturated heterocycles. The van der Waals surface area contributed by atoms with Crippen LogP contribution in [-0.2, 0) is 4.74 Å². The predicted molar refractivity (Wildman–Crippen MR) is 119 cm³/mol. The van der Waals surface area contributed by atoms with Crippen molar-refractivity contribution in [2.24, 2.45) is 4.99 Å². The maximum Gasteiger partial charge on any atom is 0.347 e. The summed E-state index contributed by atoms with van der Waals surface area (Å²) in [6.45, 7) is 0. The number of pyridine rings is 1. The molecular weight excluding hydrogens is 429 g/mol. The number of aromatic hydroxyl groups is 1. The van der Waals surface area contributed by atoms with Gasteiger partial charge in [-0.05, 0) is 61.7 Å². The smallest absolute Gasteiger partial charge is 0.347 e. The second-order valence-electron chi connectivity index (χ2n) is 7.83. The molecule has 3 heterocycles. The highest BCUT2D eigenvalue weighted by atomic mass is 19.1. The first-order chi connectivity index (χ1) is 16.0. The van der Waals surface area contributed by atoms with Crippen molar-refractivity contribution in [3.8, 4) is 5.75 Å². The summed E-state index contributed by atoms with van der Waals surface area (Å²) < 4.78 is 24.6. The van der Waals surface area contributed by atoms with Gasteiger partial charge < -0.3 is 24.7 Å². The Morgan fingerprint density at radius 3 is 2.82 bits per heavy atom. The maximum atomic E-state index is 13.3. The van der Waals surface area contributed by atoms with Gasteiger partial charge in [-0.2, -0.15) is 0 Å². The van der Waals surface area contributed by atoms with Gasteiger partial charge in [0.05, 0.1) is 6.10 Å². The van der Waals surface area contributed by atoms with Crippen LogP contribution in [0.2, 0.25) is 0 Å². The van der Waals surface area contributed by atoms with E-state index in [1.165, 1.54) is 24.3 Å². The summed E-state index contributed by atoms with van der Waals surface area (Å²) in [7, 11) is 0. The minimum absolute atomic E-state index is 0.0108. The van der Waals surface area contributed by atoms with Gasteiger partial charge in [0.25, 0.3) is 0 Å². The van der Waals surface area contributed by atoms with Crippen LogP contribution in [0.1, 0.15) is 40.9 Å². The number of hydrogen-bond acceptors (Lipinski definition) is 8. The number of carbonyl (C=O) groups excluding carboxylic acids is 1. The van der Waals surface area contributed by atoms with E-state index in [9.17, 15) is 19.4 Å². The number of carbonyl (C=O) groups is 1. The molecule has 0 amide bonds. The van der Waals surface area contributed by atoms with Crippen molar-refractivity contribution >= 4 is 41.2 Å². The molecule has 3 aromatic rings. The molecule has 33 heavy (non-hydrogen) atoms. The number of allylic oxidation sites excluding steroid dienone is 1. The Kier molecular flexibility index (Phi) is 5.39. The first-order valence-electron chi connectivity index (χ1n) is 10.5. The lowest BCUT2D eigenvalue weighted by Crippen LogP contribution is -2.26. The molecule has 2 aromatic heterocycles. The summed E-state index contributed by atoms with van der Waals surface area (Å²) in [5.74, 6) is -1.19. The molecule has 0 spiro atoms. The van der Waals surface area contributed by atoms with Crippen molar-refractivity contribution < 1.29 is 28.6 Å². The molecule has 1 aliphatic heterocycles. The predicted octanol–water partition coefficient (Wildman–Crippen LogP) is 4.59. The number of fused-ring (bicyclic) bond motifs is 1. The highest BCUT2D eigenvalue weighted by molar-refractivity contribution is 6.21. The summed E-state index contributed by atoms with van der Waals surface area (Å²) in [5.41, 5.74) is 1.61. The number of aliphatic imine (C=N–C) groups is 1. The van der Waals surface area contributed by atoms with E-state index < -0.39 is 29.7 Å². The largest absolute Gasteiger partial charge is 0.504 e. The van der Waals surface area contributed by atoms with Gasteiger partial charge in [-0.3, -0.25) is 0 Å². The second kappa shape index (κ2) is 8.51. The van der Waals surface area contributed by atoms with E-state index in [0.717, 1.165) is 12.0 Å². The highest BCUT2D eigenvalue weighted by Gasteiger charge is 2.33. The number of furan rings is 1. The fourth-order valence-electron chi connectivity index (χ4n) is 3.90. The van der Waals surface area contributed by atoms with Crippen LogP contribution in [-0.4, -0.2) is 39.6 Å². The lowest BCUT2D eigenvalue weighted by molar-refractivity contribution is -0.00498. The summed E-state index contributed by atoms with van der Waals surface area (Å²) in [6.07, 6.45) is 5.15. The molecule has 168 valence electrons. The molecule has 2 aliphatic rings.